The number of ether oxygens (including phenoxy) is 2. The third-order valence-corrected chi connectivity index (χ3v) is 6.86. The van der Waals surface area contributed by atoms with Crippen LogP contribution in [0.4, 0.5) is 4.79 Å². The highest BCUT2D eigenvalue weighted by atomic mass is 16.6. The van der Waals surface area contributed by atoms with Gasteiger partial charge in [0.2, 0.25) is 17.7 Å². The van der Waals surface area contributed by atoms with Gasteiger partial charge in [-0.25, -0.2) is 9.59 Å². The Morgan fingerprint density at radius 3 is 2.24 bits per heavy atom. The van der Waals surface area contributed by atoms with E-state index in [4.69, 9.17) is 9.47 Å². The van der Waals surface area contributed by atoms with Crippen molar-refractivity contribution in [3.63, 3.8) is 0 Å². The van der Waals surface area contributed by atoms with E-state index in [9.17, 15) is 33.9 Å². The molecule has 0 bridgehead atoms. The maximum absolute atomic E-state index is 13.6. The minimum Gasteiger partial charge on any atom is -0.463 e. The molecular formula is C32H52N4O9. The van der Waals surface area contributed by atoms with Crippen molar-refractivity contribution in [2.24, 2.45) is 17.8 Å². The highest BCUT2D eigenvalue weighted by Gasteiger charge is 2.33. The van der Waals surface area contributed by atoms with Gasteiger partial charge in [0.1, 0.15) is 11.6 Å². The minimum atomic E-state index is -1.36. The van der Waals surface area contributed by atoms with E-state index in [1.54, 1.807) is 41.5 Å². The van der Waals surface area contributed by atoms with Crippen molar-refractivity contribution in [1.29, 1.82) is 0 Å². The molecule has 1 aliphatic rings. The Morgan fingerprint density at radius 1 is 1.07 bits per heavy atom. The van der Waals surface area contributed by atoms with E-state index >= 15 is 0 Å². The van der Waals surface area contributed by atoms with Crippen LogP contribution in [0.15, 0.2) is 23.8 Å². The minimum absolute atomic E-state index is 0.0539. The number of allylic oxidation sites excluding steroid dienone is 2. The summed E-state index contributed by atoms with van der Waals surface area (Å²) in [7, 11) is 0. The smallest absolute Gasteiger partial charge is 0.408 e. The van der Waals surface area contributed by atoms with Gasteiger partial charge in [0.05, 0.1) is 19.3 Å². The Balaban J connectivity index is 3.12. The largest absolute Gasteiger partial charge is 0.463 e. The predicted octanol–water partition coefficient (Wildman–Crippen LogP) is 2.07. The van der Waals surface area contributed by atoms with E-state index in [1.807, 2.05) is 19.9 Å². The van der Waals surface area contributed by atoms with Gasteiger partial charge in [0.15, 0.2) is 5.78 Å². The molecule has 0 radical (unpaired) electrons. The lowest BCUT2D eigenvalue weighted by atomic mass is 9.89. The first kappa shape index (κ1) is 39.3. The molecule has 1 rings (SSSR count). The lowest BCUT2D eigenvalue weighted by molar-refractivity contribution is -0.137. The van der Waals surface area contributed by atoms with Gasteiger partial charge in [-0.15, -0.1) is 0 Å². The number of alkyl carbamates (subject to hydrolysis) is 1. The van der Waals surface area contributed by atoms with Gasteiger partial charge in [-0.3, -0.25) is 19.2 Å². The van der Waals surface area contributed by atoms with Crippen LogP contribution in [0.1, 0.15) is 81.1 Å². The van der Waals surface area contributed by atoms with Crippen molar-refractivity contribution < 1.29 is 43.3 Å². The summed E-state index contributed by atoms with van der Waals surface area (Å²) >= 11 is 0. The van der Waals surface area contributed by atoms with E-state index < -0.39 is 65.9 Å². The zero-order chi connectivity index (χ0) is 34.3. The number of Topliss-reactive ketones (excluding diaryl/α,β-unsaturated/α-hetero) is 1. The van der Waals surface area contributed by atoms with Gasteiger partial charge in [-0.1, -0.05) is 31.6 Å². The summed E-state index contributed by atoms with van der Waals surface area (Å²) in [6.45, 7) is 13.8. The monoisotopic (exact) mass is 636 g/mol. The molecule has 1 aliphatic heterocycles. The lowest BCUT2D eigenvalue weighted by Gasteiger charge is -2.27. The summed E-state index contributed by atoms with van der Waals surface area (Å²) in [4.78, 5) is 76.1. The lowest BCUT2D eigenvalue weighted by Crippen LogP contribution is -2.55. The number of aliphatic hydroxyl groups excluding tert-OH is 1. The van der Waals surface area contributed by atoms with E-state index in [0.29, 0.717) is 19.4 Å². The van der Waals surface area contributed by atoms with Crippen molar-refractivity contribution in [2.45, 2.75) is 105 Å². The molecule has 0 aromatic rings. The molecule has 0 aromatic carbocycles. The summed E-state index contributed by atoms with van der Waals surface area (Å²) in [6, 6.07) is -2.97. The number of aliphatic hydroxyl groups is 1. The maximum Gasteiger partial charge on any atom is 0.408 e. The molecule has 4 amide bonds. The maximum atomic E-state index is 13.6. The summed E-state index contributed by atoms with van der Waals surface area (Å²) in [5.41, 5.74) is 0.124. The molecule has 45 heavy (non-hydrogen) atoms. The van der Waals surface area contributed by atoms with E-state index in [1.165, 1.54) is 12.2 Å². The first-order chi connectivity index (χ1) is 20.9. The SMILES string of the molecule is CCOC(=O)/C=C/[C@H](C[C@@H]1CNC(=O)C1)NC(=O)[C@H](CC=C(C)C)CC(=O)[C@@H](NC(=O)[C@H](CO)NC(=O)OC(C)(C)C)C(C)C. The first-order valence-corrected chi connectivity index (χ1v) is 15.4. The number of amides is 4. The number of carbonyl (C=O) groups is 6. The average Bonchev–Trinajstić information content (AvgIpc) is 3.33. The number of ketones is 1. The molecule has 1 saturated heterocycles. The zero-order valence-electron chi connectivity index (χ0n) is 27.9. The summed E-state index contributed by atoms with van der Waals surface area (Å²) in [5, 5.41) is 20.4. The van der Waals surface area contributed by atoms with Crippen LogP contribution in [0, 0.1) is 17.8 Å². The van der Waals surface area contributed by atoms with Crippen molar-refractivity contribution >= 4 is 35.6 Å². The van der Waals surface area contributed by atoms with E-state index in [2.05, 4.69) is 21.3 Å². The summed E-state index contributed by atoms with van der Waals surface area (Å²) < 4.78 is 10.1. The normalized spacial score (nSPS) is 17.5. The van der Waals surface area contributed by atoms with Gasteiger partial charge in [-0.2, -0.15) is 0 Å². The van der Waals surface area contributed by atoms with E-state index in [-0.39, 0.29) is 37.2 Å². The predicted molar refractivity (Wildman–Crippen MR) is 168 cm³/mol. The molecule has 0 aliphatic carbocycles. The van der Waals surface area contributed by atoms with Gasteiger partial charge >= 0.3 is 12.1 Å². The second kappa shape index (κ2) is 18.9. The molecule has 254 valence electrons. The summed E-state index contributed by atoms with van der Waals surface area (Å²) in [6.07, 6.45) is 4.44. The Bertz CT molecular complexity index is 1110. The molecule has 1 heterocycles. The quantitative estimate of drug-likeness (QED) is 0.0904. The number of esters is 1. The Kier molecular flexibility index (Phi) is 16.5. The fourth-order valence-electron chi connectivity index (χ4n) is 4.61. The molecule has 5 N–H and O–H groups in total. The fourth-order valence-corrected chi connectivity index (χ4v) is 4.61. The molecule has 13 nitrogen and oxygen atoms in total. The number of hydrogen-bond donors (Lipinski definition) is 5. The van der Waals surface area contributed by atoms with Crippen LogP contribution >= 0.6 is 0 Å². The molecular weight excluding hydrogens is 584 g/mol. The van der Waals surface area contributed by atoms with Gasteiger partial charge in [-0.05, 0) is 66.2 Å². The highest BCUT2D eigenvalue weighted by Crippen LogP contribution is 2.20. The molecule has 13 heteroatoms. The molecule has 0 aromatic heterocycles. The van der Waals surface area contributed by atoms with Crippen LogP contribution in [0.5, 0.6) is 0 Å². The highest BCUT2D eigenvalue weighted by molar-refractivity contribution is 5.94. The first-order valence-electron chi connectivity index (χ1n) is 15.4. The fraction of sp³-hybridized carbons (Fsp3) is 0.688. The van der Waals surface area contributed by atoms with Crippen molar-refractivity contribution in [3.8, 4) is 0 Å². The topological polar surface area (TPSA) is 189 Å². The van der Waals surface area contributed by atoms with Crippen LogP contribution < -0.4 is 21.3 Å². The van der Waals surface area contributed by atoms with Crippen LogP contribution in [-0.2, 0) is 33.4 Å². The third-order valence-electron chi connectivity index (χ3n) is 6.86. The second-order valence-electron chi connectivity index (χ2n) is 12.8. The number of nitrogens with one attached hydrogen (secondary N) is 4. The molecule has 0 unspecified atom stereocenters. The Hall–Kier alpha value is -3.74. The zero-order valence-corrected chi connectivity index (χ0v) is 27.9. The van der Waals surface area contributed by atoms with Crippen molar-refractivity contribution in [2.75, 3.05) is 19.8 Å². The van der Waals surface area contributed by atoms with Crippen LogP contribution in [0.25, 0.3) is 0 Å². The molecule has 0 saturated carbocycles. The van der Waals surface area contributed by atoms with Crippen LogP contribution in [-0.4, -0.2) is 84.2 Å². The standard InChI is InChI=1S/C32H52N4O9/c1-9-44-27(40)13-12-23(14-21-15-26(39)33-17-21)34-29(41)22(11-10-19(2)3)16-25(38)28(20(4)5)36-30(42)24(18-37)35-31(43)45-32(6,7)8/h10,12-13,20-24,28,37H,9,11,14-18H2,1-8H3,(H,33,39)(H,34,41)(H,35,43)(H,36,42)/b13-12+/t21-,22+,23+,24-,28-/m0/s1. The molecule has 0 spiro atoms. The van der Waals surface area contributed by atoms with Gasteiger partial charge in [0.25, 0.3) is 0 Å². The number of rotatable bonds is 17. The Morgan fingerprint density at radius 2 is 1.73 bits per heavy atom. The van der Waals surface area contributed by atoms with Gasteiger partial charge < -0.3 is 35.8 Å². The van der Waals surface area contributed by atoms with Crippen molar-refractivity contribution in [1.82, 2.24) is 21.3 Å². The van der Waals surface area contributed by atoms with Crippen LogP contribution in [0.2, 0.25) is 0 Å². The molecule has 5 atom stereocenters. The third kappa shape index (κ3) is 15.7. The average molecular weight is 637 g/mol. The van der Waals surface area contributed by atoms with E-state index in [0.717, 1.165) is 5.57 Å². The Labute approximate surface area is 266 Å². The van der Waals surface area contributed by atoms with Gasteiger partial charge in [0, 0.05) is 37.4 Å². The number of carbonyl (C=O) groups excluding carboxylic acids is 6. The van der Waals surface area contributed by atoms with Crippen LogP contribution in [0.3, 0.4) is 0 Å². The number of hydrogen-bond acceptors (Lipinski definition) is 9. The second-order valence-corrected chi connectivity index (χ2v) is 12.8. The van der Waals surface area contributed by atoms with Crippen molar-refractivity contribution in [3.05, 3.63) is 23.8 Å². The molecule has 1 fully saturated rings. The summed E-state index contributed by atoms with van der Waals surface area (Å²) in [5.74, 6) is -3.48.